The van der Waals surface area contributed by atoms with Crippen LogP contribution in [0.1, 0.15) is 82.1 Å². The van der Waals surface area contributed by atoms with Crippen molar-refractivity contribution in [2.45, 2.75) is 129 Å². The fourth-order valence-electron chi connectivity index (χ4n) is 5.11. The number of carbonyl (C=O) groups excluding carboxylic acids is 3. The van der Waals surface area contributed by atoms with E-state index in [0.717, 1.165) is 0 Å². The molecule has 0 aromatic carbocycles. The van der Waals surface area contributed by atoms with Crippen LogP contribution in [0.15, 0.2) is 35.5 Å². The van der Waals surface area contributed by atoms with E-state index in [1.165, 1.54) is 13.8 Å². The Morgan fingerprint density at radius 3 is 2.05 bits per heavy atom. The third-order valence-corrected chi connectivity index (χ3v) is 8.31. The maximum Gasteiger partial charge on any atom is 0.333 e. The molecular formula is C30H45ClO9. The fraction of sp³-hybridized carbons (Fsp3) is 0.700. The van der Waals surface area contributed by atoms with Gasteiger partial charge in [0.2, 0.25) is 0 Å². The van der Waals surface area contributed by atoms with Crippen molar-refractivity contribution in [1.82, 2.24) is 0 Å². The van der Waals surface area contributed by atoms with Gasteiger partial charge in [-0.15, -0.1) is 11.6 Å². The first-order valence-electron chi connectivity index (χ1n) is 13.6. The minimum absolute atomic E-state index is 0.103. The van der Waals surface area contributed by atoms with Crippen molar-refractivity contribution in [3.8, 4) is 0 Å². The molecule has 9 nitrogen and oxygen atoms in total. The predicted molar refractivity (Wildman–Crippen MR) is 150 cm³/mol. The Morgan fingerprint density at radius 1 is 1.02 bits per heavy atom. The molecule has 0 bridgehead atoms. The highest BCUT2D eigenvalue weighted by atomic mass is 35.5. The zero-order valence-corrected chi connectivity index (χ0v) is 26.1. The Kier molecular flexibility index (Phi) is 10.8. The maximum absolute atomic E-state index is 13.0. The minimum atomic E-state index is -1.74. The molecular weight excluding hydrogens is 540 g/mol. The molecule has 2 fully saturated rings. The summed E-state index contributed by atoms with van der Waals surface area (Å²) < 4.78 is 29.6. The highest BCUT2D eigenvalue weighted by molar-refractivity contribution is 6.21. The number of alkyl halides is 1. The normalized spacial score (nSPS) is 32.6. The summed E-state index contributed by atoms with van der Waals surface area (Å²) in [6.07, 6.45) is -0.372. The van der Waals surface area contributed by atoms with Crippen LogP contribution >= 0.6 is 11.6 Å². The number of allylic oxidation sites excluding steroid dienone is 2. The van der Waals surface area contributed by atoms with Crippen LogP contribution in [0.4, 0.5) is 0 Å². The lowest BCUT2D eigenvalue weighted by molar-refractivity contribution is -0.203. The van der Waals surface area contributed by atoms with Crippen LogP contribution in [-0.4, -0.2) is 69.8 Å². The van der Waals surface area contributed by atoms with Crippen LogP contribution in [0.3, 0.4) is 0 Å². The lowest BCUT2D eigenvalue weighted by atomic mass is 9.70. The number of esters is 3. The molecule has 2 rings (SSSR count). The number of carbonyl (C=O) groups is 3. The molecule has 0 aromatic heterocycles. The highest BCUT2D eigenvalue weighted by Gasteiger charge is 2.57. The van der Waals surface area contributed by atoms with E-state index in [0.29, 0.717) is 16.7 Å². The van der Waals surface area contributed by atoms with Crippen molar-refractivity contribution >= 4 is 29.5 Å². The molecule has 1 N–H and O–H groups in total. The second kappa shape index (κ2) is 12.8. The Balaban J connectivity index is 2.58. The van der Waals surface area contributed by atoms with Gasteiger partial charge in [0.25, 0.3) is 0 Å². The van der Waals surface area contributed by atoms with Gasteiger partial charge >= 0.3 is 17.9 Å². The summed E-state index contributed by atoms with van der Waals surface area (Å²) in [5, 5.41) is 10.4. The van der Waals surface area contributed by atoms with E-state index < -0.39 is 70.6 Å². The Morgan fingerprint density at radius 2 is 1.57 bits per heavy atom. The Labute approximate surface area is 242 Å². The molecule has 1 saturated heterocycles. The van der Waals surface area contributed by atoms with Gasteiger partial charge in [-0.25, -0.2) is 9.59 Å². The maximum atomic E-state index is 13.0. The van der Waals surface area contributed by atoms with Gasteiger partial charge in [-0.2, -0.15) is 0 Å². The molecule has 0 aromatic rings. The van der Waals surface area contributed by atoms with Crippen molar-refractivity contribution in [3.05, 3.63) is 35.5 Å². The highest BCUT2D eigenvalue weighted by Crippen LogP contribution is 2.45. The van der Waals surface area contributed by atoms with Gasteiger partial charge in [0, 0.05) is 30.4 Å². The third-order valence-electron chi connectivity index (χ3n) is 7.69. The smallest absolute Gasteiger partial charge is 0.333 e. The lowest BCUT2D eigenvalue weighted by Gasteiger charge is -2.48. The van der Waals surface area contributed by atoms with E-state index in [4.69, 9.17) is 35.3 Å². The predicted octanol–water partition coefficient (Wildman–Crippen LogP) is 4.93. The average Bonchev–Trinajstić information content (AvgIpc) is 3.06. The van der Waals surface area contributed by atoms with Crippen LogP contribution in [0.2, 0.25) is 0 Å². The largest absolute Gasteiger partial charge is 0.455 e. The quantitative estimate of drug-likeness (QED) is 0.132. The van der Waals surface area contributed by atoms with Crippen LogP contribution in [0.25, 0.3) is 0 Å². The molecule has 1 saturated carbocycles. The molecule has 226 valence electrons. The Hall–Kier alpha value is -2.20. The summed E-state index contributed by atoms with van der Waals surface area (Å²) in [6, 6.07) is 0. The van der Waals surface area contributed by atoms with Crippen LogP contribution < -0.4 is 0 Å². The van der Waals surface area contributed by atoms with Gasteiger partial charge in [0.1, 0.15) is 17.8 Å². The first-order chi connectivity index (χ1) is 18.3. The van der Waals surface area contributed by atoms with Gasteiger partial charge in [-0.3, -0.25) is 4.79 Å². The Bertz CT molecular complexity index is 1060. The summed E-state index contributed by atoms with van der Waals surface area (Å²) in [5.74, 6) is -3.50. The summed E-state index contributed by atoms with van der Waals surface area (Å²) in [4.78, 5) is 38.0. The molecule has 0 spiro atoms. The molecule has 2 aliphatic rings. The van der Waals surface area contributed by atoms with Crippen LogP contribution in [-0.2, 0) is 38.1 Å². The average molecular weight is 585 g/mol. The van der Waals surface area contributed by atoms with Gasteiger partial charge in [0.05, 0.1) is 17.1 Å². The van der Waals surface area contributed by atoms with Crippen molar-refractivity contribution in [3.63, 3.8) is 0 Å². The minimum Gasteiger partial charge on any atom is -0.455 e. The van der Waals surface area contributed by atoms with Crippen molar-refractivity contribution < 1.29 is 43.2 Å². The van der Waals surface area contributed by atoms with Gasteiger partial charge in [-0.1, -0.05) is 18.7 Å². The van der Waals surface area contributed by atoms with Crippen LogP contribution in [0.5, 0.6) is 0 Å². The summed E-state index contributed by atoms with van der Waals surface area (Å²) >= 11 is 6.66. The van der Waals surface area contributed by atoms with Crippen molar-refractivity contribution in [2.24, 2.45) is 5.92 Å². The van der Waals surface area contributed by atoms with Crippen LogP contribution in [0, 0.1) is 5.92 Å². The number of aliphatic hydroxyl groups is 1. The zero-order chi connectivity index (χ0) is 30.8. The van der Waals surface area contributed by atoms with Gasteiger partial charge < -0.3 is 28.8 Å². The number of ether oxygens (including phenoxy) is 5. The summed E-state index contributed by atoms with van der Waals surface area (Å²) in [5.41, 5.74) is -1.35. The standard InChI is InChI=1S/C30H45ClO9/c1-12-16(3)26(33)37-21(15-23-28(7,8)40-29(9,10)39-23)18(5)20-14-22(31)30(11,35)25(36-19(6)32)24(20)38-27(34)17(4)13-2/h12-13,20-25,35H,5,14-15H2,1-4,6-11H3/b16-12-,17-13-. The second-order valence-electron chi connectivity index (χ2n) is 11.8. The molecule has 10 heteroatoms. The molecule has 1 aliphatic heterocycles. The third kappa shape index (κ3) is 7.75. The number of hydrogen-bond acceptors (Lipinski definition) is 9. The molecule has 7 atom stereocenters. The molecule has 0 radical (unpaired) electrons. The SMILES string of the molecule is C=C(C(CC1OC(C)(C)OC1(C)C)OC(=O)/C(C)=C\C)C1CC(Cl)C(C)(O)C(OC(C)=O)C1OC(=O)/C(C)=C\C. The van der Waals surface area contributed by atoms with E-state index in [9.17, 15) is 19.5 Å². The molecule has 7 unspecified atom stereocenters. The second-order valence-corrected chi connectivity index (χ2v) is 12.3. The summed E-state index contributed by atoms with van der Waals surface area (Å²) in [6.45, 7) is 20.9. The van der Waals surface area contributed by atoms with Crippen molar-refractivity contribution in [2.75, 3.05) is 0 Å². The van der Waals surface area contributed by atoms with Gasteiger partial charge in [-0.05, 0) is 74.3 Å². The summed E-state index contributed by atoms with van der Waals surface area (Å²) in [7, 11) is 0. The molecule has 0 amide bonds. The first kappa shape index (κ1) is 34.0. The van der Waals surface area contributed by atoms with Gasteiger partial charge in [0.15, 0.2) is 11.9 Å². The number of rotatable bonds is 9. The van der Waals surface area contributed by atoms with E-state index in [-0.39, 0.29) is 12.8 Å². The first-order valence-corrected chi connectivity index (χ1v) is 14.0. The number of halogens is 1. The van der Waals surface area contributed by atoms with E-state index in [1.807, 2.05) is 13.8 Å². The molecule has 1 aliphatic carbocycles. The molecule has 40 heavy (non-hydrogen) atoms. The number of hydrogen-bond donors (Lipinski definition) is 1. The van der Waals surface area contributed by atoms with Crippen molar-refractivity contribution in [1.29, 1.82) is 0 Å². The van der Waals surface area contributed by atoms with E-state index >= 15 is 0 Å². The van der Waals surface area contributed by atoms with E-state index in [1.54, 1.807) is 53.7 Å². The topological polar surface area (TPSA) is 118 Å². The fourth-order valence-corrected chi connectivity index (χ4v) is 5.43. The zero-order valence-electron chi connectivity index (χ0n) is 25.3. The van der Waals surface area contributed by atoms with E-state index in [2.05, 4.69) is 6.58 Å². The molecule has 1 heterocycles. The lowest BCUT2D eigenvalue weighted by Crippen LogP contribution is -2.63. The monoisotopic (exact) mass is 584 g/mol.